The maximum atomic E-state index is 12.3. The van der Waals surface area contributed by atoms with Crippen molar-refractivity contribution in [2.45, 2.75) is 105 Å². The van der Waals surface area contributed by atoms with Gasteiger partial charge in [0.1, 0.15) is 25.8 Å². The molecule has 13 atom stereocenters. The largest absolute Gasteiger partial charge is 0.462 e. The molecule has 1 amide bonds. The summed E-state index contributed by atoms with van der Waals surface area (Å²) in [5.41, 5.74) is 6.44. The molecule has 1 fully saturated rings. The Balaban J connectivity index is 3.07. The topological polar surface area (TPSA) is 156 Å². The molecule has 0 aliphatic carbocycles. The third-order valence-electron chi connectivity index (χ3n) is 9.34. The Morgan fingerprint density at radius 1 is 0.979 bits per heavy atom. The number of aliphatic hydroxyl groups excluding tert-OH is 2. The number of ether oxygens (including phenoxy) is 6. The van der Waals surface area contributed by atoms with Gasteiger partial charge in [-0.2, -0.15) is 0 Å². The third-order valence-corrected chi connectivity index (χ3v) is 9.34. The number of amides is 1. The number of nitrogens with two attached hydrogens (primary N) is 1. The van der Waals surface area contributed by atoms with E-state index in [1.165, 1.54) is 0 Å². The van der Waals surface area contributed by atoms with Crippen molar-refractivity contribution in [2.24, 2.45) is 47.2 Å². The molecule has 0 radical (unpaired) electrons. The van der Waals surface area contributed by atoms with Crippen LogP contribution in [0.5, 0.6) is 0 Å². The zero-order valence-electron chi connectivity index (χ0n) is 30.7. The summed E-state index contributed by atoms with van der Waals surface area (Å²) >= 11 is 0. The first kappa shape index (κ1) is 43.5. The van der Waals surface area contributed by atoms with Crippen molar-refractivity contribution in [1.82, 2.24) is 0 Å². The van der Waals surface area contributed by atoms with Gasteiger partial charge in [-0.05, 0) is 26.2 Å². The van der Waals surface area contributed by atoms with Crippen molar-refractivity contribution in [1.29, 1.82) is 0 Å². The Morgan fingerprint density at radius 3 is 2.17 bits per heavy atom. The molecule has 0 saturated carbocycles. The van der Waals surface area contributed by atoms with E-state index in [2.05, 4.69) is 19.6 Å². The van der Waals surface area contributed by atoms with Gasteiger partial charge in [0.05, 0.1) is 30.3 Å². The quantitative estimate of drug-likeness (QED) is 0.0573. The van der Waals surface area contributed by atoms with Gasteiger partial charge in [-0.15, -0.1) is 0 Å². The smallest absolute Gasteiger partial charge is 0.404 e. The highest BCUT2D eigenvalue weighted by atomic mass is 16.7. The fourth-order valence-corrected chi connectivity index (χ4v) is 6.51. The van der Waals surface area contributed by atoms with Gasteiger partial charge < -0.3 is 44.4 Å². The van der Waals surface area contributed by atoms with E-state index in [0.29, 0.717) is 12.8 Å². The van der Waals surface area contributed by atoms with Gasteiger partial charge >= 0.3 is 12.1 Å². The summed E-state index contributed by atoms with van der Waals surface area (Å²) in [4.78, 5) is 23.9. The van der Waals surface area contributed by atoms with Gasteiger partial charge in [0.25, 0.3) is 0 Å². The van der Waals surface area contributed by atoms with Crippen LogP contribution in [0, 0.1) is 41.4 Å². The molecule has 48 heavy (non-hydrogen) atoms. The standard InChI is InChI=1S/C37H63NO10/c1-12-13-14-23(3)35(48-37(38)42)28(8)32(39)25(5)17-22(2)18-26(6)34(46-21-44-11)24(4)15-16-30(45-20-43-10)19-31-27(7)33(40)29(9)36(41)47-31/h12-16,18,23-35,39-40H,1,17,19-21H2,2-11H3,(H2,38,42)/t23-,24-,25-,26-,27-,28-,29+,30+,31-,32+,33-,34-,35-/m0/s1. The lowest BCUT2D eigenvalue weighted by molar-refractivity contribution is -0.181. The number of hydrogen-bond donors (Lipinski definition) is 3. The van der Waals surface area contributed by atoms with E-state index in [1.807, 2.05) is 59.8 Å². The van der Waals surface area contributed by atoms with Crippen LogP contribution in [0.25, 0.3) is 0 Å². The van der Waals surface area contributed by atoms with Crippen molar-refractivity contribution in [3.63, 3.8) is 0 Å². The molecule has 1 saturated heterocycles. The summed E-state index contributed by atoms with van der Waals surface area (Å²) in [5, 5.41) is 21.8. The van der Waals surface area contributed by atoms with Crippen LogP contribution in [-0.2, 0) is 33.2 Å². The average Bonchev–Trinajstić information content (AvgIpc) is 3.04. The molecule has 0 unspecified atom stereocenters. The molecule has 1 aliphatic heterocycles. The van der Waals surface area contributed by atoms with Gasteiger partial charge in [0.2, 0.25) is 0 Å². The molecule has 11 nitrogen and oxygen atoms in total. The zero-order valence-corrected chi connectivity index (χ0v) is 30.7. The maximum Gasteiger partial charge on any atom is 0.404 e. The monoisotopic (exact) mass is 681 g/mol. The normalized spacial score (nSPS) is 26.2. The molecular formula is C37H63NO10. The van der Waals surface area contributed by atoms with Gasteiger partial charge in [-0.1, -0.05) is 90.2 Å². The summed E-state index contributed by atoms with van der Waals surface area (Å²) in [7, 11) is 3.12. The number of cyclic esters (lactones) is 1. The molecule has 0 spiro atoms. The molecule has 276 valence electrons. The lowest BCUT2D eigenvalue weighted by Gasteiger charge is -2.37. The van der Waals surface area contributed by atoms with Gasteiger partial charge in [-0.3, -0.25) is 4.79 Å². The first-order chi connectivity index (χ1) is 22.6. The summed E-state index contributed by atoms with van der Waals surface area (Å²) in [6.07, 6.45) is 8.19. The molecule has 11 heteroatoms. The fourth-order valence-electron chi connectivity index (χ4n) is 6.51. The van der Waals surface area contributed by atoms with E-state index >= 15 is 0 Å². The molecule has 1 rings (SSSR count). The van der Waals surface area contributed by atoms with Crippen LogP contribution in [0.1, 0.15) is 68.2 Å². The second kappa shape index (κ2) is 22.2. The number of allylic oxidation sites excluding steroid dienone is 3. The Morgan fingerprint density at radius 2 is 1.58 bits per heavy atom. The number of rotatable bonds is 22. The molecular weight excluding hydrogens is 618 g/mol. The third kappa shape index (κ3) is 14.1. The van der Waals surface area contributed by atoms with Crippen LogP contribution in [-0.4, -0.2) is 86.7 Å². The van der Waals surface area contributed by atoms with E-state index in [1.54, 1.807) is 33.3 Å². The highest BCUT2D eigenvalue weighted by Crippen LogP contribution is 2.31. The highest BCUT2D eigenvalue weighted by Gasteiger charge is 2.41. The van der Waals surface area contributed by atoms with Crippen LogP contribution in [0.2, 0.25) is 0 Å². The average molecular weight is 682 g/mol. The Labute approximate surface area is 288 Å². The lowest BCUT2D eigenvalue weighted by atomic mass is 9.81. The molecule has 4 N–H and O–H groups in total. The highest BCUT2D eigenvalue weighted by molar-refractivity contribution is 5.73. The SMILES string of the molecule is C=CC=C[C@H](C)[C@H](OC(N)=O)[C@@H](C)[C@H](O)[C@@H](C)CC(C)=C[C@H](C)[C@@H](OCOC)[C@@H](C)C=C[C@H](C[C@@H]1OC(=O)[C@H](C)[C@@H](O)[C@H]1C)OCOC. The predicted molar refractivity (Wildman–Crippen MR) is 185 cm³/mol. The van der Waals surface area contributed by atoms with Crippen molar-refractivity contribution in [3.8, 4) is 0 Å². The molecule has 0 aromatic heterocycles. The Kier molecular flexibility index (Phi) is 20.1. The number of hydrogen-bond acceptors (Lipinski definition) is 10. The minimum Gasteiger partial charge on any atom is -0.462 e. The Bertz CT molecular complexity index is 1060. The van der Waals surface area contributed by atoms with Gasteiger partial charge in [0, 0.05) is 50.2 Å². The number of aliphatic hydroxyl groups is 2. The van der Waals surface area contributed by atoms with E-state index in [9.17, 15) is 19.8 Å². The second-order valence-corrected chi connectivity index (χ2v) is 13.5. The van der Waals surface area contributed by atoms with Crippen molar-refractivity contribution >= 4 is 12.1 Å². The van der Waals surface area contributed by atoms with E-state index in [-0.39, 0.29) is 55.2 Å². The van der Waals surface area contributed by atoms with Crippen LogP contribution >= 0.6 is 0 Å². The van der Waals surface area contributed by atoms with Gasteiger partial charge in [0.15, 0.2) is 0 Å². The number of esters is 1. The van der Waals surface area contributed by atoms with Crippen molar-refractivity contribution in [2.75, 3.05) is 27.8 Å². The fraction of sp³-hybridized carbons (Fsp3) is 0.730. The zero-order chi connectivity index (χ0) is 36.6. The molecule has 1 aliphatic rings. The van der Waals surface area contributed by atoms with Crippen molar-refractivity contribution < 1.29 is 48.2 Å². The minimum absolute atomic E-state index is 0.0223. The minimum atomic E-state index is -0.877. The first-order valence-electron chi connectivity index (χ1n) is 17.0. The number of carbonyl (C=O) groups excluding carboxylic acids is 2. The summed E-state index contributed by atoms with van der Waals surface area (Å²) < 4.78 is 33.5. The molecule has 0 aromatic rings. The van der Waals surface area contributed by atoms with Crippen LogP contribution in [0.3, 0.4) is 0 Å². The van der Waals surface area contributed by atoms with E-state index < -0.39 is 48.5 Å². The second-order valence-electron chi connectivity index (χ2n) is 13.5. The summed E-state index contributed by atoms with van der Waals surface area (Å²) in [5.74, 6) is -1.99. The van der Waals surface area contributed by atoms with Crippen LogP contribution in [0.4, 0.5) is 4.79 Å². The summed E-state index contributed by atoms with van der Waals surface area (Å²) in [6, 6.07) is 0. The number of methoxy groups -OCH3 is 2. The number of primary amides is 1. The predicted octanol–water partition coefficient (Wildman–Crippen LogP) is 5.55. The molecule has 1 heterocycles. The van der Waals surface area contributed by atoms with Crippen LogP contribution in [0.15, 0.2) is 48.6 Å². The van der Waals surface area contributed by atoms with Gasteiger partial charge in [-0.25, -0.2) is 4.79 Å². The molecule has 0 bridgehead atoms. The lowest BCUT2D eigenvalue weighted by Crippen LogP contribution is -2.47. The van der Waals surface area contributed by atoms with E-state index in [4.69, 9.17) is 34.2 Å². The van der Waals surface area contributed by atoms with E-state index in [0.717, 1.165) is 5.57 Å². The van der Waals surface area contributed by atoms with Crippen molar-refractivity contribution in [3.05, 3.63) is 48.6 Å². The summed E-state index contributed by atoms with van der Waals surface area (Å²) in [6.45, 7) is 19.3. The molecule has 0 aromatic carbocycles. The van der Waals surface area contributed by atoms with Crippen LogP contribution < -0.4 is 5.73 Å². The Hall–Kier alpha value is -2.54. The maximum absolute atomic E-state index is 12.3. The first-order valence-corrected chi connectivity index (χ1v) is 17.0. The number of carbonyl (C=O) groups is 2.